The molecule has 216 valence electrons. The van der Waals surface area contributed by atoms with Crippen molar-refractivity contribution in [2.24, 2.45) is 11.8 Å². The molecule has 0 aromatic heterocycles. The van der Waals surface area contributed by atoms with Gasteiger partial charge >= 0.3 is 12.4 Å². The number of hydrogen-bond acceptors (Lipinski definition) is 4. The van der Waals surface area contributed by atoms with Gasteiger partial charge < -0.3 is 14.7 Å². The van der Waals surface area contributed by atoms with Gasteiger partial charge in [-0.2, -0.15) is 26.3 Å². The number of allylic oxidation sites excluding steroid dienone is 2. The lowest BCUT2D eigenvalue weighted by atomic mass is 9.68. The Labute approximate surface area is 228 Å². The van der Waals surface area contributed by atoms with Crippen molar-refractivity contribution < 1.29 is 41.0 Å². The SMILES string of the molecule is Cc1ccccc1[C@H]1[C@@H]2CN(C3=CC(=O)CC3)C[C@H]2CC[C@@H]1O[C@H](CO)c1cc(C(F)(F)F)cc(C(F)(F)F)c1. The maximum Gasteiger partial charge on any atom is 0.416 e. The zero-order valence-corrected chi connectivity index (χ0v) is 21.9. The quantitative estimate of drug-likeness (QED) is 0.389. The van der Waals surface area contributed by atoms with Crippen molar-refractivity contribution in [2.45, 2.75) is 63.1 Å². The average molecular weight is 568 g/mol. The van der Waals surface area contributed by atoms with Gasteiger partial charge in [-0.25, -0.2) is 0 Å². The first-order valence-electron chi connectivity index (χ1n) is 13.4. The first-order valence-corrected chi connectivity index (χ1v) is 13.4. The molecule has 1 heterocycles. The van der Waals surface area contributed by atoms with E-state index in [1.54, 1.807) is 6.08 Å². The summed E-state index contributed by atoms with van der Waals surface area (Å²) >= 11 is 0. The summed E-state index contributed by atoms with van der Waals surface area (Å²) in [6.45, 7) is 2.65. The maximum absolute atomic E-state index is 13.5. The van der Waals surface area contributed by atoms with Crippen LogP contribution in [0.15, 0.2) is 54.2 Å². The molecular weight excluding hydrogens is 536 g/mol. The lowest BCUT2D eigenvalue weighted by molar-refractivity contribution is -0.143. The summed E-state index contributed by atoms with van der Waals surface area (Å²) in [7, 11) is 0. The molecule has 1 aliphatic heterocycles. The van der Waals surface area contributed by atoms with E-state index in [1.165, 1.54) is 0 Å². The smallest absolute Gasteiger partial charge is 0.393 e. The molecule has 1 saturated carbocycles. The predicted octanol–water partition coefficient (Wildman–Crippen LogP) is 6.82. The van der Waals surface area contributed by atoms with Crippen LogP contribution in [0.2, 0.25) is 0 Å². The van der Waals surface area contributed by atoms with Gasteiger partial charge in [0.2, 0.25) is 0 Å². The summed E-state index contributed by atoms with van der Waals surface area (Å²) in [5, 5.41) is 10.2. The topological polar surface area (TPSA) is 49.8 Å². The summed E-state index contributed by atoms with van der Waals surface area (Å²) < 4.78 is 87.4. The fourth-order valence-corrected chi connectivity index (χ4v) is 6.65. The number of aliphatic hydroxyl groups excluding tert-OH is 1. The molecule has 0 spiro atoms. The molecule has 40 heavy (non-hydrogen) atoms. The third-order valence-corrected chi connectivity index (χ3v) is 8.57. The normalized spacial score (nSPS) is 26.1. The fraction of sp³-hybridized carbons (Fsp3) is 0.500. The Morgan fingerprint density at radius 2 is 1.65 bits per heavy atom. The highest BCUT2D eigenvalue weighted by Gasteiger charge is 2.47. The third kappa shape index (κ3) is 5.79. The van der Waals surface area contributed by atoms with E-state index < -0.39 is 42.3 Å². The predicted molar refractivity (Wildman–Crippen MR) is 135 cm³/mol. The molecule has 3 aliphatic rings. The van der Waals surface area contributed by atoms with Gasteiger partial charge in [-0.1, -0.05) is 24.3 Å². The van der Waals surface area contributed by atoms with E-state index in [2.05, 4.69) is 4.90 Å². The number of carbonyl (C=O) groups is 1. The molecule has 0 bridgehead atoms. The minimum atomic E-state index is -5.00. The molecule has 2 aromatic carbocycles. The van der Waals surface area contributed by atoms with Crippen LogP contribution < -0.4 is 0 Å². The van der Waals surface area contributed by atoms with E-state index in [9.17, 15) is 36.2 Å². The van der Waals surface area contributed by atoms with Crippen LogP contribution in [0.1, 0.15) is 65.5 Å². The van der Waals surface area contributed by atoms with E-state index >= 15 is 0 Å². The number of carbonyl (C=O) groups excluding carboxylic acids is 1. The number of benzene rings is 2. The number of aryl methyl sites for hydroxylation is 1. The van der Waals surface area contributed by atoms with Crippen LogP contribution in [0, 0.1) is 18.8 Å². The summed E-state index contributed by atoms with van der Waals surface area (Å²) in [5.41, 5.74) is -0.212. The first kappa shape index (κ1) is 28.7. The minimum absolute atomic E-state index is 0.0782. The van der Waals surface area contributed by atoms with Crippen molar-refractivity contribution in [3.05, 3.63) is 82.1 Å². The summed E-state index contributed by atoms with van der Waals surface area (Å²) in [6.07, 6.45) is -7.74. The van der Waals surface area contributed by atoms with Gasteiger partial charge in [-0.05, 0) is 72.9 Å². The lowest BCUT2D eigenvalue weighted by Crippen LogP contribution is -2.39. The van der Waals surface area contributed by atoms with Gasteiger partial charge in [0.15, 0.2) is 5.78 Å². The number of fused-ring (bicyclic) bond motifs is 1. The van der Waals surface area contributed by atoms with Crippen molar-refractivity contribution in [1.29, 1.82) is 0 Å². The Morgan fingerprint density at radius 3 is 2.23 bits per heavy atom. The maximum atomic E-state index is 13.5. The molecule has 4 nitrogen and oxygen atoms in total. The van der Waals surface area contributed by atoms with Crippen LogP contribution in [-0.4, -0.2) is 41.6 Å². The molecule has 0 amide bonds. The van der Waals surface area contributed by atoms with Crippen LogP contribution in [0.25, 0.3) is 0 Å². The van der Waals surface area contributed by atoms with E-state index in [1.807, 2.05) is 31.2 Å². The van der Waals surface area contributed by atoms with Gasteiger partial charge in [0.25, 0.3) is 0 Å². The Bertz CT molecular complexity index is 1250. The van der Waals surface area contributed by atoms with E-state index in [4.69, 9.17) is 4.74 Å². The number of hydrogen-bond donors (Lipinski definition) is 1. The Kier molecular flexibility index (Phi) is 7.78. The van der Waals surface area contributed by atoms with Gasteiger partial charge in [0.05, 0.1) is 23.8 Å². The van der Waals surface area contributed by atoms with E-state index in [0.29, 0.717) is 43.9 Å². The number of halogens is 6. The molecule has 0 unspecified atom stereocenters. The second-order valence-corrected chi connectivity index (χ2v) is 11.1. The van der Waals surface area contributed by atoms with Gasteiger partial charge in [-0.15, -0.1) is 0 Å². The molecule has 5 atom stereocenters. The average Bonchev–Trinajstić information content (AvgIpc) is 3.52. The summed E-state index contributed by atoms with van der Waals surface area (Å²) in [5.74, 6) is 0.304. The second kappa shape index (κ2) is 10.9. The van der Waals surface area contributed by atoms with Crippen molar-refractivity contribution in [3.8, 4) is 0 Å². The number of aliphatic hydroxyl groups is 1. The van der Waals surface area contributed by atoms with E-state index in [-0.39, 0.29) is 29.2 Å². The van der Waals surface area contributed by atoms with Crippen LogP contribution >= 0.6 is 0 Å². The Hall–Kier alpha value is -2.85. The lowest BCUT2D eigenvalue weighted by Gasteiger charge is -2.41. The number of likely N-dealkylation sites (tertiary alicyclic amines) is 1. The molecule has 0 radical (unpaired) electrons. The van der Waals surface area contributed by atoms with E-state index in [0.717, 1.165) is 29.8 Å². The van der Waals surface area contributed by atoms with Crippen molar-refractivity contribution in [1.82, 2.24) is 4.90 Å². The van der Waals surface area contributed by atoms with Gasteiger partial charge in [0.1, 0.15) is 6.10 Å². The van der Waals surface area contributed by atoms with Crippen molar-refractivity contribution in [3.63, 3.8) is 0 Å². The van der Waals surface area contributed by atoms with Crippen LogP contribution in [0.3, 0.4) is 0 Å². The molecule has 1 N–H and O–H groups in total. The largest absolute Gasteiger partial charge is 0.416 e. The molecule has 2 aliphatic carbocycles. The summed E-state index contributed by atoms with van der Waals surface area (Å²) in [6, 6.07) is 9.10. The standard InChI is InChI=1S/C30H31F6NO3/c1-17-4-2-3-5-24(17)28-25-15-37(22-7-8-23(39)13-22)14-18(25)6-9-26(28)40-27(16-38)19-10-20(29(31,32)33)12-21(11-19)30(34,35)36/h2-5,10-13,18,25-28,38H,6-9,14-16H2,1H3/t18-,25-,26+,27-,28+/m1/s1. The molecule has 10 heteroatoms. The molecule has 1 saturated heterocycles. The fourth-order valence-electron chi connectivity index (χ4n) is 6.65. The van der Waals surface area contributed by atoms with Crippen LogP contribution in [0.5, 0.6) is 0 Å². The monoisotopic (exact) mass is 567 g/mol. The highest BCUT2D eigenvalue weighted by Crippen LogP contribution is 2.49. The number of rotatable bonds is 6. The second-order valence-electron chi connectivity index (χ2n) is 11.1. The molecular formula is C30H31F6NO3. The zero-order valence-electron chi connectivity index (χ0n) is 21.9. The Balaban J connectivity index is 1.49. The van der Waals surface area contributed by atoms with Gasteiger partial charge in [0, 0.05) is 37.2 Å². The van der Waals surface area contributed by atoms with Crippen LogP contribution in [-0.2, 0) is 21.9 Å². The number of ether oxygens (including phenoxy) is 1. The minimum Gasteiger partial charge on any atom is -0.393 e. The third-order valence-electron chi connectivity index (χ3n) is 8.57. The van der Waals surface area contributed by atoms with Crippen molar-refractivity contribution >= 4 is 5.78 Å². The molecule has 2 aromatic rings. The highest BCUT2D eigenvalue weighted by molar-refractivity contribution is 5.92. The summed E-state index contributed by atoms with van der Waals surface area (Å²) in [4.78, 5) is 14.1. The zero-order chi connectivity index (χ0) is 28.8. The molecule has 2 fully saturated rings. The van der Waals surface area contributed by atoms with Crippen molar-refractivity contribution in [2.75, 3.05) is 19.7 Å². The van der Waals surface area contributed by atoms with Gasteiger partial charge in [-0.3, -0.25) is 4.79 Å². The Morgan fingerprint density at radius 1 is 0.975 bits per heavy atom. The number of alkyl halides is 6. The first-order chi connectivity index (χ1) is 18.8. The molecule has 5 rings (SSSR count). The highest BCUT2D eigenvalue weighted by atomic mass is 19.4. The van der Waals surface area contributed by atoms with Crippen LogP contribution in [0.4, 0.5) is 26.3 Å². The number of nitrogens with zero attached hydrogens (tertiary/aromatic N) is 1. The number of ketones is 1.